The summed E-state index contributed by atoms with van der Waals surface area (Å²) in [5, 5.41) is 2.66. The number of carbonyl (C=O) groups is 1. The lowest BCUT2D eigenvalue weighted by molar-refractivity contribution is 0.0949. The van der Waals surface area contributed by atoms with Crippen LogP contribution in [0.4, 0.5) is 0 Å². The van der Waals surface area contributed by atoms with Gasteiger partial charge in [-0.05, 0) is 12.1 Å². The molecule has 0 bridgehead atoms. The number of para-hydroxylation sites is 2. The Kier molecular flexibility index (Phi) is 2.49. The van der Waals surface area contributed by atoms with Crippen LogP contribution < -0.4 is 5.32 Å². The number of fused-ring (bicyclic) bond motifs is 1. The first-order valence-electron chi connectivity index (χ1n) is 4.65. The van der Waals surface area contributed by atoms with Gasteiger partial charge in [0, 0.05) is 6.54 Å². The second-order valence-electron chi connectivity index (χ2n) is 3.10. The SMILES string of the molecule is C=CCNC(=O)c1nc2ccccc2[nH]1. The van der Waals surface area contributed by atoms with Gasteiger partial charge in [0.25, 0.3) is 5.91 Å². The third-order valence-corrected chi connectivity index (χ3v) is 2.01. The van der Waals surface area contributed by atoms with Crippen LogP contribution in [0.1, 0.15) is 10.6 Å². The summed E-state index contributed by atoms with van der Waals surface area (Å²) in [5.41, 5.74) is 1.66. The van der Waals surface area contributed by atoms with Crippen molar-refractivity contribution in [1.82, 2.24) is 15.3 Å². The van der Waals surface area contributed by atoms with Gasteiger partial charge >= 0.3 is 0 Å². The highest BCUT2D eigenvalue weighted by Gasteiger charge is 2.09. The molecule has 15 heavy (non-hydrogen) atoms. The van der Waals surface area contributed by atoms with Crippen molar-refractivity contribution in [3.63, 3.8) is 0 Å². The number of hydrogen-bond acceptors (Lipinski definition) is 2. The van der Waals surface area contributed by atoms with Crippen molar-refractivity contribution in [2.75, 3.05) is 6.54 Å². The number of H-pyrrole nitrogens is 1. The number of hydrogen-bond donors (Lipinski definition) is 2. The maximum atomic E-state index is 11.5. The van der Waals surface area contributed by atoms with E-state index in [2.05, 4.69) is 21.9 Å². The molecule has 0 fully saturated rings. The van der Waals surface area contributed by atoms with Crippen LogP contribution in [0.3, 0.4) is 0 Å². The molecule has 0 aliphatic heterocycles. The van der Waals surface area contributed by atoms with E-state index in [0.717, 1.165) is 11.0 Å². The van der Waals surface area contributed by atoms with Crippen molar-refractivity contribution in [3.8, 4) is 0 Å². The monoisotopic (exact) mass is 201 g/mol. The average Bonchev–Trinajstić information content (AvgIpc) is 2.69. The fourth-order valence-electron chi connectivity index (χ4n) is 1.31. The zero-order valence-corrected chi connectivity index (χ0v) is 8.16. The molecule has 1 aromatic heterocycles. The first-order valence-corrected chi connectivity index (χ1v) is 4.65. The normalized spacial score (nSPS) is 10.1. The number of rotatable bonds is 3. The lowest BCUT2D eigenvalue weighted by atomic mass is 10.3. The van der Waals surface area contributed by atoms with Gasteiger partial charge in [0.05, 0.1) is 11.0 Å². The highest BCUT2D eigenvalue weighted by atomic mass is 16.2. The Balaban J connectivity index is 2.28. The quantitative estimate of drug-likeness (QED) is 0.739. The number of carbonyl (C=O) groups excluding carboxylic acids is 1. The van der Waals surface area contributed by atoms with E-state index in [1.54, 1.807) is 6.08 Å². The molecule has 4 heteroatoms. The molecular weight excluding hydrogens is 190 g/mol. The molecule has 2 rings (SSSR count). The topological polar surface area (TPSA) is 57.8 Å². The predicted molar refractivity (Wildman–Crippen MR) is 58.6 cm³/mol. The number of nitrogens with zero attached hydrogens (tertiary/aromatic N) is 1. The zero-order chi connectivity index (χ0) is 10.7. The van der Waals surface area contributed by atoms with Crippen molar-refractivity contribution < 1.29 is 4.79 Å². The van der Waals surface area contributed by atoms with Crippen molar-refractivity contribution in [1.29, 1.82) is 0 Å². The van der Waals surface area contributed by atoms with Crippen molar-refractivity contribution in [2.24, 2.45) is 0 Å². The molecule has 0 unspecified atom stereocenters. The minimum atomic E-state index is -0.217. The third-order valence-electron chi connectivity index (χ3n) is 2.01. The molecule has 2 aromatic rings. The number of aromatic amines is 1. The van der Waals surface area contributed by atoms with Crippen LogP contribution in [0.25, 0.3) is 11.0 Å². The van der Waals surface area contributed by atoms with Gasteiger partial charge < -0.3 is 10.3 Å². The van der Waals surface area contributed by atoms with Crippen LogP contribution in [0, 0.1) is 0 Å². The van der Waals surface area contributed by atoms with Crippen molar-refractivity contribution >= 4 is 16.9 Å². The van der Waals surface area contributed by atoms with Gasteiger partial charge in [-0.1, -0.05) is 18.2 Å². The van der Waals surface area contributed by atoms with Gasteiger partial charge in [-0.2, -0.15) is 0 Å². The molecule has 4 nitrogen and oxygen atoms in total. The summed E-state index contributed by atoms with van der Waals surface area (Å²) in [6.45, 7) is 3.96. The smallest absolute Gasteiger partial charge is 0.287 e. The molecule has 0 saturated heterocycles. The molecule has 0 radical (unpaired) electrons. The van der Waals surface area contributed by atoms with E-state index >= 15 is 0 Å². The van der Waals surface area contributed by atoms with E-state index < -0.39 is 0 Å². The number of benzene rings is 1. The predicted octanol–water partition coefficient (Wildman–Crippen LogP) is 1.48. The van der Waals surface area contributed by atoms with Crippen LogP contribution in [0.2, 0.25) is 0 Å². The minimum Gasteiger partial charge on any atom is -0.346 e. The summed E-state index contributed by atoms with van der Waals surface area (Å²) >= 11 is 0. The summed E-state index contributed by atoms with van der Waals surface area (Å²) in [7, 11) is 0. The number of imidazole rings is 1. The molecule has 1 amide bonds. The van der Waals surface area contributed by atoms with Gasteiger partial charge in [0.2, 0.25) is 0 Å². The third kappa shape index (κ3) is 1.88. The molecule has 0 spiro atoms. The number of aromatic nitrogens is 2. The molecule has 76 valence electrons. The van der Waals surface area contributed by atoms with E-state index in [0.29, 0.717) is 12.4 Å². The Morgan fingerprint density at radius 2 is 2.33 bits per heavy atom. The van der Waals surface area contributed by atoms with Gasteiger partial charge in [0.15, 0.2) is 5.82 Å². The summed E-state index contributed by atoms with van der Waals surface area (Å²) in [6, 6.07) is 7.52. The Morgan fingerprint density at radius 3 is 3.07 bits per heavy atom. The van der Waals surface area contributed by atoms with Crippen LogP contribution in [-0.2, 0) is 0 Å². The average molecular weight is 201 g/mol. The van der Waals surface area contributed by atoms with E-state index in [1.807, 2.05) is 24.3 Å². The maximum absolute atomic E-state index is 11.5. The number of nitrogens with one attached hydrogen (secondary N) is 2. The molecule has 0 aliphatic rings. The lowest BCUT2D eigenvalue weighted by Gasteiger charge is -1.96. The lowest BCUT2D eigenvalue weighted by Crippen LogP contribution is -2.24. The Bertz CT molecular complexity index is 468. The Morgan fingerprint density at radius 1 is 1.53 bits per heavy atom. The molecular formula is C11H11N3O. The molecule has 2 N–H and O–H groups in total. The maximum Gasteiger partial charge on any atom is 0.287 e. The molecule has 0 aliphatic carbocycles. The van der Waals surface area contributed by atoms with Gasteiger partial charge in [-0.15, -0.1) is 6.58 Å². The summed E-state index contributed by atoms with van der Waals surface area (Å²) < 4.78 is 0. The van der Waals surface area contributed by atoms with Gasteiger partial charge in [-0.3, -0.25) is 4.79 Å². The van der Waals surface area contributed by atoms with Crippen LogP contribution >= 0.6 is 0 Å². The van der Waals surface area contributed by atoms with E-state index in [9.17, 15) is 4.79 Å². The second kappa shape index (κ2) is 3.96. The zero-order valence-electron chi connectivity index (χ0n) is 8.16. The molecule has 0 atom stereocenters. The van der Waals surface area contributed by atoms with Crippen LogP contribution in [-0.4, -0.2) is 22.4 Å². The van der Waals surface area contributed by atoms with Gasteiger partial charge in [0.1, 0.15) is 0 Å². The van der Waals surface area contributed by atoms with Crippen LogP contribution in [0.5, 0.6) is 0 Å². The summed E-state index contributed by atoms with van der Waals surface area (Å²) in [4.78, 5) is 18.6. The Labute approximate surface area is 87.0 Å². The second-order valence-corrected chi connectivity index (χ2v) is 3.10. The minimum absolute atomic E-state index is 0.217. The molecule has 0 saturated carbocycles. The molecule has 1 heterocycles. The summed E-state index contributed by atoms with van der Waals surface area (Å²) in [5.74, 6) is 0.115. The number of amides is 1. The Hall–Kier alpha value is -2.10. The molecule has 1 aromatic carbocycles. The fourth-order valence-corrected chi connectivity index (χ4v) is 1.31. The van der Waals surface area contributed by atoms with E-state index in [-0.39, 0.29) is 5.91 Å². The highest BCUT2D eigenvalue weighted by Crippen LogP contribution is 2.09. The van der Waals surface area contributed by atoms with Crippen LogP contribution in [0.15, 0.2) is 36.9 Å². The van der Waals surface area contributed by atoms with Crippen molar-refractivity contribution in [3.05, 3.63) is 42.7 Å². The summed E-state index contributed by atoms with van der Waals surface area (Å²) in [6.07, 6.45) is 1.63. The van der Waals surface area contributed by atoms with Crippen molar-refractivity contribution in [2.45, 2.75) is 0 Å². The van der Waals surface area contributed by atoms with E-state index in [1.165, 1.54) is 0 Å². The van der Waals surface area contributed by atoms with E-state index in [4.69, 9.17) is 0 Å². The largest absolute Gasteiger partial charge is 0.346 e. The van der Waals surface area contributed by atoms with Gasteiger partial charge in [-0.25, -0.2) is 4.98 Å². The first-order chi connectivity index (χ1) is 7.31. The fraction of sp³-hybridized carbons (Fsp3) is 0.0909. The highest BCUT2D eigenvalue weighted by molar-refractivity contribution is 5.94. The standard InChI is InChI=1S/C11H11N3O/c1-2-7-12-11(15)10-13-8-5-3-4-6-9(8)14-10/h2-6H,1,7H2,(H,12,15)(H,13,14). The first kappa shape index (κ1) is 9.45.